The van der Waals surface area contributed by atoms with Crippen molar-refractivity contribution in [2.75, 3.05) is 11.0 Å². The molecule has 1 N–H and O–H groups in total. The van der Waals surface area contributed by atoms with Gasteiger partial charge in [-0.05, 0) is 50.1 Å². The summed E-state index contributed by atoms with van der Waals surface area (Å²) in [6.07, 6.45) is 4.62. The number of hydrogen-bond acceptors (Lipinski definition) is 4. The Morgan fingerprint density at radius 3 is 2.62 bits per heavy atom. The number of benzene rings is 1. The molecule has 6 nitrogen and oxygen atoms in total. The molecule has 1 aliphatic rings. The fraction of sp³-hybridized carbons (Fsp3) is 0.353. The molecule has 0 spiro atoms. The lowest BCUT2D eigenvalue weighted by atomic mass is 10.1. The van der Waals surface area contributed by atoms with Crippen LogP contribution >= 0.6 is 0 Å². The number of carbonyl (C=O) groups excluding carboxylic acids is 1. The normalized spacial score (nSPS) is 15.8. The standard InChI is InChI=1S/C17H20N2O4S/c1-12(16-7-4-10-23-16)19(15-8-9-15)17(20)13-5-3-6-14(11-13)18-24(2,21)22/h3-7,10-12,15,18H,8-9H2,1-2H3/t12-/m1/s1. The van der Waals surface area contributed by atoms with E-state index in [-0.39, 0.29) is 18.0 Å². The average molecular weight is 348 g/mol. The molecule has 1 fully saturated rings. The molecule has 1 saturated carbocycles. The minimum absolute atomic E-state index is 0.126. The van der Waals surface area contributed by atoms with E-state index in [1.54, 1.807) is 36.6 Å². The van der Waals surface area contributed by atoms with E-state index in [4.69, 9.17) is 4.42 Å². The molecule has 0 radical (unpaired) electrons. The molecule has 3 rings (SSSR count). The summed E-state index contributed by atoms with van der Waals surface area (Å²) in [6, 6.07) is 10.2. The third-order valence-corrected chi connectivity index (χ3v) is 4.57. The summed E-state index contributed by atoms with van der Waals surface area (Å²) in [5.74, 6) is 0.610. The molecule has 128 valence electrons. The van der Waals surface area contributed by atoms with Crippen LogP contribution in [0.25, 0.3) is 0 Å². The maximum atomic E-state index is 13.0. The van der Waals surface area contributed by atoms with Crippen molar-refractivity contribution in [2.45, 2.75) is 31.8 Å². The van der Waals surface area contributed by atoms with Gasteiger partial charge in [-0.25, -0.2) is 8.42 Å². The highest BCUT2D eigenvalue weighted by atomic mass is 32.2. The van der Waals surface area contributed by atoms with Crippen molar-refractivity contribution in [2.24, 2.45) is 0 Å². The first-order valence-electron chi connectivity index (χ1n) is 7.79. The highest BCUT2D eigenvalue weighted by molar-refractivity contribution is 7.92. The molecule has 1 atom stereocenters. The van der Waals surface area contributed by atoms with Crippen molar-refractivity contribution in [1.29, 1.82) is 0 Å². The van der Waals surface area contributed by atoms with Crippen LogP contribution in [0.4, 0.5) is 5.69 Å². The summed E-state index contributed by atoms with van der Waals surface area (Å²) < 4.78 is 30.6. The Morgan fingerprint density at radius 2 is 2.04 bits per heavy atom. The summed E-state index contributed by atoms with van der Waals surface area (Å²) in [4.78, 5) is 14.8. The Kier molecular flexibility index (Phi) is 4.36. The smallest absolute Gasteiger partial charge is 0.254 e. The van der Waals surface area contributed by atoms with E-state index in [1.165, 1.54) is 0 Å². The van der Waals surface area contributed by atoms with Crippen molar-refractivity contribution < 1.29 is 17.6 Å². The first-order valence-corrected chi connectivity index (χ1v) is 9.68. The highest BCUT2D eigenvalue weighted by Gasteiger charge is 2.37. The summed E-state index contributed by atoms with van der Waals surface area (Å²) in [5.41, 5.74) is 0.832. The lowest BCUT2D eigenvalue weighted by Gasteiger charge is -2.28. The van der Waals surface area contributed by atoms with Gasteiger partial charge in [0.2, 0.25) is 10.0 Å². The van der Waals surface area contributed by atoms with Crippen molar-refractivity contribution in [3.8, 4) is 0 Å². The van der Waals surface area contributed by atoms with Crippen molar-refractivity contribution in [3.05, 3.63) is 54.0 Å². The molecular formula is C17H20N2O4S. The Bertz CT molecular complexity index is 826. The predicted molar refractivity (Wildman–Crippen MR) is 91.2 cm³/mol. The van der Waals surface area contributed by atoms with E-state index >= 15 is 0 Å². The number of nitrogens with one attached hydrogen (secondary N) is 1. The molecule has 1 heterocycles. The zero-order chi connectivity index (χ0) is 17.3. The van der Waals surface area contributed by atoms with Crippen LogP contribution in [0.3, 0.4) is 0 Å². The second kappa shape index (κ2) is 6.32. The van der Waals surface area contributed by atoms with Crippen molar-refractivity contribution >= 4 is 21.6 Å². The lowest BCUT2D eigenvalue weighted by molar-refractivity contribution is 0.0653. The molecule has 0 unspecified atom stereocenters. The van der Waals surface area contributed by atoms with E-state index in [2.05, 4.69) is 4.72 Å². The zero-order valence-corrected chi connectivity index (χ0v) is 14.4. The number of nitrogens with zero attached hydrogens (tertiary/aromatic N) is 1. The third-order valence-electron chi connectivity index (χ3n) is 3.96. The minimum atomic E-state index is -3.39. The molecule has 1 aromatic carbocycles. The van der Waals surface area contributed by atoms with Crippen molar-refractivity contribution in [3.63, 3.8) is 0 Å². The molecule has 1 aliphatic carbocycles. The van der Waals surface area contributed by atoms with Crippen LogP contribution < -0.4 is 4.72 Å². The van der Waals surface area contributed by atoms with Crippen LogP contribution in [0.1, 0.15) is 41.9 Å². The summed E-state index contributed by atoms with van der Waals surface area (Å²) in [7, 11) is -3.39. The Balaban J connectivity index is 1.87. The van der Waals surface area contributed by atoms with Gasteiger partial charge >= 0.3 is 0 Å². The minimum Gasteiger partial charge on any atom is -0.467 e. The van der Waals surface area contributed by atoms with Crippen LogP contribution in [0.15, 0.2) is 47.1 Å². The second-order valence-corrected chi connectivity index (χ2v) is 7.84. The van der Waals surface area contributed by atoms with Crippen LogP contribution in [0.2, 0.25) is 0 Å². The van der Waals surface area contributed by atoms with E-state index in [9.17, 15) is 13.2 Å². The predicted octanol–water partition coefficient (Wildman–Crippen LogP) is 3.02. The second-order valence-electron chi connectivity index (χ2n) is 6.09. The number of furan rings is 1. The molecule has 24 heavy (non-hydrogen) atoms. The first-order chi connectivity index (χ1) is 11.3. The van der Waals surface area contributed by atoms with Crippen LogP contribution in [0, 0.1) is 0 Å². The quantitative estimate of drug-likeness (QED) is 0.870. The number of hydrogen-bond donors (Lipinski definition) is 1. The van der Waals surface area contributed by atoms with Gasteiger partial charge in [0, 0.05) is 17.3 Å². The van der Waals surface area contributed by atoms with Gasteiger partial charge < -0.3 is 9.32 Å². The van der Waals surface area contributed by atoms with Gasteiger partial charge in [-0.2, -0.15) is 0 Å². The van der Waals surface area contributed by atoms with Crippen molar-refractivity contribution in [1.82, 2.24) is 4.90 Å². The number of sulfonamides is 1. The van der Waals surface area contributed by atoms with Gasteiger partial charge in [-0.15, -0.1) is 0 Å². The molecule has 7 heteroatoms. The molecule has 0 saturated heterocycles. The van der Waals surface area contributed by atoms with Crippen LogP contribution in [0.5, 0.6) is 0 Å². The molecule has 0 bridgehead atoms. The van der Waals surface area contributed by atoms with Gasteiger partial charge in [-0.1, -0.05) is 6.07 Å². The Labute approximate surface area is 141 Å². The molecule has 1 aromatic heterocycles. The SMILES string of the molecule is C[C@H](c1ccco1)N(C(=O)c1cccc(NS(C)(=O)=O)c1)C1CC1. The Hall–Kier alpha value is -2.28. The third kappa shape index (κ3) is 3.79. The summed E-state index contributed by atoms with van der Waals surface area (Å²) >= 11 is 0. The fourth-order valence-corrected chi connectivity index (χ4v) is 3.31. The zero-order valence-electron chi connectivity index (χ0n) is 13.6. The van der Waals surface area contributed by atoms with Gasteiger partial charge in [0.1, 0.15) is 5.76 Å². The van der Waals surface area contributed by atoms with E-state index in [1.807, 2.05) is 17.9 Å². The number of rotatable bonds is 6. The van der Waals surface area contributed by atoms with E-state index in [0.717, 1.165) is 24.9 Å². The average Bonchev–Trinajstić information content (AvgIpc) is 3.18. The monoisotopic (exact) mass is 348 g/mol. The largest absolute Gasteiger partial charge is 0.467 e. The van der Waals surface area contributed by atoms with Gasteiger partial charge in [0.25, 0.3) is 5.91 Å². The molecular weight excluding hydrogens is 328 g/mol. The van der Waals surface area contributed by atoms with Gasteiger partial charge in [0.05, 0.1) is 18.6 Å². The maximum Gasteiger partial charge on any atom is 0.254 e. The topological polar surface area (TPSA) is 79.6 Å². The fourth-order valence-electron chi connectivity index (χ4n) is 2.76. The first kappa shape index (κ1) is 16.6. The van der Waals surface area contributed by atoms with Crippen LogP contribution in [-0.4, -0.2) is 31.5 Å². The molecule has 2 aromatic rings. The van der Waals surface area contributed by atoms with Crippen LogP contribution in [-0.2, 0) is 10.0 Å². The Morgan fingerprint density at radius 1 is 1.29 bits per heavy atom. The summed E-state index contributed by atoms with van der Waals surface area (Å²) in [6.45, 7) is 1.94. The van der Waals surface area contributed by atoms with Gasteiger partial charge in [0.15, 0.2) is 0 Å². The van der Waals surface area contributed by atoms with Gasteiger partial charge in [-0.3, -0.25) is 9.52 Å². The number of anilines is 1. The number of carbonyl (C=O) groups is 1. The van der Waals surface area contributed by atoms with E-state index < -0.39 is 10.0 Å². The highest BCUT2D eigenvalue weighted by Crippen LogP contribution is 2.36. The summed E-state index contributed by atoms with van der Waals surface area (Å²) in [5, 5.41) is 0. The number of amides is 1. The maximum absolute atomic E-state index is 13.0. The molecule has 0 aliphatic heterocycles. The molecule has 1 amide bonds. The lowest BCUT2D eigenvalue weighted by Crippen LogP contribution is -2.35. The van der Waals surface area contributed by atoms with E-state index in [0.29, 0.717) is 11.3 Å².